The molecule has 1 saturated carbocycles. The number of rotatable bonds is 4. The monoisotopic (exact) mass is 349 g/mol. The summed E-state index contributed by atoms with van der Waals surface area (Å²) in [6.07, 6.45) is 8.15. The van der Waals surface area contributed by atoms with Gasteiger partial charge in [-0.25, -0.2) is 0 Å². The molecule has 1 aromatic heterocycles. The zero-order valence-corrected chi connectivity index (χ0v) is 14.5. The predicted octanol–water partition coefficient (Wildman–Crippen LogP) is 2.47. The van der Waals surface area contributed by atoms with Gasteiger partial charge in [-0.15, -0.1) is 17.5 Å². The summed E-state index contributed by atoms with van der Waals surface area (Å²) in [4.78, 5) is 13.7. The number of amides is 1. The van der Waals surface area contributed by atoms with E-state index in [9.17, 15) is 4.79 Å². The summed E-state index contributed by atoms with van der Waals surface area (Å²) < 4.78 is 0. The fraction of sp³-hybridized carbons (Fsp3) is 0.471. The number of hydrogen-bond acceptors (Lipinski definition) is 4. The number of nitrogens with zero attached hydrogens (tertiary/aromatic N) is 3. The van der Waals surface area contributed by atoms with Gasteiger partial charge >= 0.3 is 0 Å². The van der Waals surface area contributed by atoms with E-state index in [4.69, 9.17) is 5.73 Å². The molecule has 1 heterocycles. The minimum atomic E-state index is -0.290. The van der Waals surface area contributed by atoms with Gasteiger partial charge in [-0.2, -0.15) is 9.90 Å². The first kappa shape index (κ1) is 18.4. The molecule has 0 radical (unpaired) electrons. The molecule has 1 fully saturated rings. The van der Waals surface area contributed by atoms with Crippen molar-refractivity contribution in [3.63, 3.8) is 0 Å². The molecule has 0 unspecified atom stereocenters. The van der Waals surface area contributed by atoms with E-state index in [1.165, 1.54) is 23.8 Å². The van der Waals surface area contributed by atoms with Crippen molar-refractivity contribution >= 4 is 18.3 Å². The Hall–Kier alpha value is -1.92. The van der Waals surface area contributed by atoms with Crippen LogP contribution in [0.4, 0.5) is 0 Å². The third-order valence-electron chi connectivity index (χ3n) is 4.41. The molecule has 6 nitrogen and oxygen atoms in total. The Bertz CT molecular complexity index is 650. The van der Waals surface area contributed by atoms with E-state index < -0.39 is 0 Å². The molecule has 1 aromatic carbocycles. The fourth-order valence-electron chi connectivity index (χ4n) is 3.01. The summed E-state index contributed by atoms with van der Waals surface area (Å²) >= 11 is 0. The second kappa shape index (κ2) is 8.26. The van der Waals surface area contributed by atoms with Gasteiger partial charge in [0.25, 0.3) is 5.91 Å². The number of hydrogen-bond donors (Lipinski definition) is 2. The molecule has 7 heteroatoms. The molecule has 0 saturated heterocycles. The van der Waals surface area contributed by atoms with Crippen molar-refractivity contribution in [3.05, 3.63) is 42.2 Å². The lowest BCUT2D eigenvalue weighted by Crippen LogP contribution is -2.49. The SMILES string of the molecule is Cl.NC1(CNC(=O)c2cnn(-c3ccccc3)n2)CCCCCC1. The largest absolute Gasteiger partial charge is 0.349 e. The normalized spacial score (nSPS) is 16.7. The van der Waals surface area contributed by atoms with Crippen LogP contribution in [-0.4, -0.2) is 33.0 Å². The van der Waals surface area contributed by atoms with E-state index in [2.05, 4.69) is 15.5 Å². The summed E-state index contributed by atoms with van der Waals surface area (Å²) in [7, 11) is 0. The second-order valence-electron chi connectivity index (χ2n) is 6.31. The van der Waals surface area contributed by atoms with E-state index in [0.717, 1.165) is 31.4 Å². The molecule has 0 spiro atoms. The lowest BCUT2D eigenvalue weighted by Gasteiger charge is -2.28. The number of aromatic nitrogens is 3. The molecular weight excluding hydrogens is 326 g/mol. The van der Waals surface area contributed by atoms with E-state index in [-0.39, 0.29) is 23.9 Å². The first-order chi connectivity index (χ1) is 11.2. The number of carbonyl (C=O) groups excluding carboxylic acids is 1. The summed E-state index contributed by atoms with van der Waals surface area (Å²) in [5.41, 5.74) is 7.27. The van der Waals surface area contributed by atoms with Crippen LogP contribution in [0.25, 0.3) is 5.69 Å². The van der Waals surface area contributed by atoms with Crippen molar-refractivity contribution in [1.29, 1.82) is 0 Å². The molecule has 1 aliphatic rings. The zero-order valence-electron chi connectivity index (χ0n) is 13.6. The topological polar surface area (TPSA) is 85.8 Å². The van der Waals surface area contributed by atoms with Gasteiger partial charge in [0.05, 0.1) is 11.9 Å². The zero-order chi connectivity index (χ0) is 16.1. The molecule has 0 aliphatic heterocycles. The Morgan fingerprint density at radius 3 is 2.50 bits per heavy atom. The average Bonchev–Trinajstić information content (AvgIpc) is 2.97. The van der Waals surface area contributed by atoms with E-state index in [1.807, 2.05) is 30.3 Å². The molecule has 3 rings (SSSR count). The molecule has 24 heavy (non-hydrogen) atoms. The van der Waals surface area contributed by atoms with Crippen LogP contribution in [0.3, 0.4) is 0 Å². The van der Waals surface area contributed by atoms with Crippen molar-refractivity contribution in [1.82, 2.24) is 20.3 Å². The van der Waals surface area contributed by atoms with Crippen LogP contribution >= 0.6 is 12.4 Å². The van der Waals surface area contributed by atoms with E-state index in [1.54, 1.807) is 0 Å². The summed E-state index contributed by atoms with van der Waals surface area (Å²) in [6, 6.07) is 9.52. The number of benzene rings is 1. The van der Waals surface area contributed by atoms with Crippen molar-refractivity contribution in [2.75, 3.05) is 6.54 Å². The third kappa shape index (κ3) is 4.55. The molecule has 2 aromatic rings. The van der Waals surface area contributed by atoms with Gasteiger partial charge in [-0.3, -0.25) is 4.79 Å². The maximum absolute atomic E-state index is 12.3. The van der Waals surface area contributed by atoms with Gasteiger partial charge in [0.15, 0.2) is 5.69 Å². The van der Waals surface area contributed by atoms with Crippen LogP contribution in [0.5, 0.6) is 0 Å². The first-order valence-electron chi connectivity index (χ1n) is 8.21. The quantitative estimate of drug-likeness (QED) is 0.830. The van der Waals surface area contributed by atoms with E-state index >= 15 is 0 Å². The highest BCUT2D eigenvalue weighted by molar-refractivity contribution is 5.91. The minimum absolute atomic E-state index is 0. The van der Waals surface area contributed by atoms with Gasteiger partial charge in [0.1, 0.15) is 0 Å². The highest BCUT2D eigenvalue weighted by Gasteiger charge is 2.27. The number of para-hydroxylation sites is 1. The summed E-state index contributed by atoms with van der Waals surface area (Å²) in [5, 5.41) is 11.3. The number of nitrogens with two attached hydrogens (primary N) is 1. The highest BCUT2D eigenvalue weighted by Crippen LogP contribution is 2.24. The lowest BCUT2D eigenvalue weighted by molar-refractivity contribution is 0.0935. The standard InChI is InChI=1S/C17H23N5O.ClH/c18-17(10-6-1-2-7-11-17)13-19-16(23)15-12-20-22(21-15)14-8-4-3-5-9-14;/h3-5,8-9,12H,1-2,6-7,10-11,13,18H2,(H,19,23);1H. The van der Waals surface area contributed by atoms with Crippen LogP contribution in [0.2, 0.25) is 0 Å². The highest BCUT2D eigenvalue weighted by atomic mass is 35.5. The molecule has 1 amide bonds. The Balaban J connectivity index is 0.00000208. The lowest BCUT2D eigenvalue weighted by atomic mass is 9.91. The Morgan fingerprint density at radius 1 is 1.17 bits per heavy atom. The van der Waals surface area contributed by atoms with Crippen molar-refractivity contribution in [2.45, 2.75) is 44.1 Å². The third-order valence-corrected chi connectivity index (χ3v) is 4.41. The van der Waals surface area contributed by atoms with Crippen molar-refractivity contribution in [3.8, 4) is 5.69 Å². The Kier molecular flexibility index (Phi) is 6.34. The Morgan fingerprint density at radius 2 is 1.83 bits per heavy atom. The maximum Gasteiger partial charge on any atom is 0.273 e. The number of nitrogens with one attached hydrogen (secondary N) is 1. The molecule has 3 N–H and O–H groups in total. The molecule has 0 atom stereocenters. The maximum atomic E-state index is 12.3. The molecule has 0 bridgehead atoms. The molecule has 130 valence electrons. The van der Waals surface area contributed by atoms with Gasteiger partial charge in [0, 0.05) is 12.1 Å². The van der Waals surface area contributed by atoms with Crippen molar-refractivity contribution in [2.24, 2.45) is 5.73 Å². The predicted molar refractivity (Wildman–Crippen MR) is 95.6 cm³/mol. The summed E-state index contributed by atoms with van der Waals surface area (Å²) in [5.74, 6) is -0.221. The molecule has 1 aliphatic carbocycles. The molecular formula is C17H24ClN5O. The number of halogens is 1. The van der Waals surface area contributed by atoms with Crippen LogP contribution < -0.4 is 11.1 Å². The minimum Gasteiger partial charge on any atom is -0.349 e. The first-order valence-corrected chi connectivity index (χ1v) is 8.21. The van der Waals surface area contributed by atoms with Gasteiger partial charge in [0.2, 0.25) is 0 Å². The van der Waals surface area contributed by atoms with E-state index in [0.29, 0.717) is 12.2 Å². The average molecular weight is 350 g/mol. The van der Waals surface area contributed by atoms with Crippen LogP contribution in [0, 0.1) is 0 Å². The van der Waals surface area contributed by atoms with Crippen molar-refractivity contribution < 1.29 is 4.79 Å². The number of carbonyl (C=O) groups is 1. The second-order valence-corrected chi connectivity index (χ2v) is 6.31. The Labute approximate surface area is 148 Å². The van der Waals surface area contributed by atoms with Crippen LogP contribution in [0.15, 0.2) is 36.5 Å². The summed E-state index contributed by atoms with van der Waals surface area (Å²) in [6.45, 7) is 0.490. The van der Waals surface area contributed by atoms with Gasteiger partial charge in [-0.1, -0.05) is 43.9 Å². The van der Waals surface area contributed by atoms with Crippen LogP contribution in [0.1, 0.15) is 49.0 Å². The van der Waals surface area contributed by atoms with Gasteiger partial charge < -0.3 is 11.1 Å². The van der Waals surface area contributed by atoms with Gasteiger partial charge in [-0.05, 0) is 25.0 Å². The smallest absolute Gasteiger partial charge is 0.273 e. The van der Waals surface area contributed by atoms with Crippen LogP contribution in [-0.2, 0) is 0 Å². The fourth-order valence-corrected chi connectivity index (χ4v) is 3.01.